The molecule has 0 bridgehead atoms. The summed E-state index contributed by atoms with van der Waals surface area (Å²) in [4.78, 5) is 28.4. The summed E-state index contributed by atoms with van der Waals surface area (Å²) in [6.45, 7) is 7.75. The van der Waals surface area contributed by atoms with Crippen molar-refractivity contribution in [3.05, 3.63) is 35.9 Å². The number of benzene rings is 1. The topological polar surface area (TPSA) is 59.1 Å². The number of hydrogen-bond acceptors (Lipinski definition) is 4. The molecule has 26 heavy (non-hydrogen) atoms. The second-order valence-electron chi connectivity index (χ2n) is 8.06. The van der Waals surface area contributed by atoms with E-state index in [0.717, 1.165) is 18.4 Å². The molecular formula is C20H28N2O4. The lowest BCUT2D eigenvalue weighted by molar-refractivity contribution is 0.0108. The zero-order valence-electron chi connectivity index (χ0n) is 15.8. The van der Waals surface area contributed by atoms with E-state index in [9.17, 15) is 9.59 Å². The molecule has 2 fully saturated rings. The van der Waals surface area contributed by atoms with Crippen molar-refractivity contribution in [3.8, 4) is 0 Å². The van der Waals surface area contributed by atoms with E-state index in [-0.39, 0.29) is 24.8 Å². The van der Waals surface area contributed by atoms with Crippen molar-refractivity contribution >= 4 is 12.2 Å². The van der Waals surface area contributed by atoms with Crippen LogP contribution in [0.1, 0.15) is 39.2 Å². The van der Waals surface area contributed by atoms with Crippen molar-refractivity contribution in [2.75, 3.05) is 19.6 Å². The number of piperidine rings is 1. The van der Waals surface area contributed by atoms with Crippen LogP contribution in [-0.2, 0) is 16.1 Å². The van der Waals surface area contributed by atoms with E-state index >= 15 is 0 Å². The third kappa shape index (κ3) is 4.48. The molecule has 0 saturated carbocycles. The van der Waals surface area contributed by atoms with Gasteiger partial charge in [-0.25, -0.2) is 9.59 Å². The molecule has 2 amide bonds. The van der Waals surface area contributed by atoms with Gasteiger partial charge < -0.3 is 19.3 Å². The molecule has 2 aliphatic rings. The summed E-state index contributed by atoms with van der Waals surface area (Å²) < 4.78 is 11.0. The zero-order valence-corrected chi connectivity index (χ0v) is 15.8. The first-order valence-electron chi connectivity index (χ1n) is 9.29. The van der Waals surface area contributed by atoms with Crippen LogP contribution in [0.4, 0.5) is 9.59 Å². The van der Waals surface area contributed by atoms with Gasteiger partial charge in [0.05, 0.1) is 6.04 Å². The van der Waals surface area contributed by atoms with Crippen molar-refractivity contribution < 1.29 is 19.1 Å². The summed E-state index contributed by atoms with van der Waals surface area (Å²) in [7, 11) is 0. The monoisotopic (exact) mass is 360 g/mol. The predicted octanol–water partition coefficient (Wildman–Crippen LogP) is 3.65. The summed E-state index contributed by atoms with van der Waals surface area (Å²) in [5.74, 6) is 0.431. The van der Waals surface area contributed by atoms with Crippen LogP contribution in [0.2, 0.25) is 0 Å². The van der Waals surface area contributed by atoms with Gasteiger partial charge >= 0.3 is 12.2 Å². The van der Waals surface area contributed by atoms with Crippen LogP contribution in [0.25, 0.3) is 0 Å². The number of nitrogens with zero attached hydrogens (tertiary/aromatic N) is 2. The number of likely N-dealkylation sites (tertiary alicyclic amines) is 2. The predicted molar refractivity (Wildman–Crippen MR) is 97.7 cm³/mol. The molecule has 2 aliphatic heterocycles. The average molecular weight is 360 g/mol. The van der Waals surface area contributed by atoms with E-state index in [2.05, 4.69) is 0 Å². The van der Waals surface area contributed by atoms with Gasteiger partial charge in [-0.05, 0) is 45.1 Å². The fourth-order valence-corrected chi connectivity index (χ4v) is 3.66. The number of carbonyl (C=O) groups is 2. The Labute approximate surface area is 155 Å². The molecular weight excluding hydrogens is 332 g/mol. The number of hydrogen-bond donors (Lipinski definition) is 0. The van der Waals surface area contributed by atoms with Gasteiger partial charge in [0.2, 0.25) is 0 Å². The van der Waals surface area contributed by atoms with E-state index < -0.39 is 5.60 Å². The van der Waals surface area contributed by atoms with Crippen molar-refractivity contribution in [1.82, 2.24) is 9.80 Å². The second kappa shape index (κ2) is 7.56. The highest BCUT2D eigenvalue weighted by atomic mass is 16.6. The maximum atomic E-state index is 12.5. The molecule has 142 valence electrons. The third-order valence-electron chi connectivity index (χ3n) is 4.95. The number of fused-ring (bicyclic) bond motifs is 1. The fraction of sp³-hybridized carbons (Fsp3) is 0.600. The summed E-state index contributed by atoms with van der Waals surface area (Å²) in [6, 6.07) is 9.66. The van der Waals surface area contributed by atoms with Crippen molar-refractivity contribution in [2.45, 2.75) is 51.9 Å². The van der Waals surface area contributed by atoms with Crippen molar-refractivity contribution in [3.63, 3.8) is 0 Å². The molecule has 0 aliphatic carbocycles. The van der Waals surface area contributed by atoms with Gasteiger partial charge in [-0.1, -0.05) is 30.3 Å². The molecule has 0 unspecified atom stereocenters. The molecule has 2 saturated heterocycles. The zero-order chi connectivity index (χ0) is 18.7. The van der Waals surface area contributed by atoms with Gasteiger partial charge in [0, 0.05) is 19.6 Å². The molecule has 1 aromatic carbocycles. The Morgan fingerprint density at radius 3 is 2.46 bits per heavy atom. The van der Waals surface area contributed by atoms with Gasteiger partial charge in [-0.15, -0.1) is 0 Å². The Morgan fingerprint density at radius 2 is 1.77 bits per heavy atom. The standard InChI is InChI=1S/C20H28N2O4/c1-20(2,3)26-19(24)22-12-10-16-9-11-21(13-17(16)22)18(23)25-14-15-7-5-4-6-8-15/h4-8,16-17H,9-14H2,1-3H3/t16-,17-/m0/s1. The van der Waals surface area contributed by atoms with E-state index in [4.69, 9.17) is 9.47 Å². The minimum atomic E-state index is -0.516. The quantitative estimate of drug-likeness (QED) is 0.808. The highest BCUT2D eigenvalue weighted by Crippen LogP contribution is 2.33. The molecule has 0 radical (unpaired) electrons. The number of amides is 2. The normalized spacial score (nSPS) is 22.7. The Morgan fingerprint density at radius 1 is 1.08 bits per heavy atom. The van der Waals surface area contributed by atoms with Crippen LogP contribution < -0.4 is 0 Å². The minimum absolute atomic E-state index is 0.0166. The maximum absolute atomic E-state index is 12.5. The summed E-state index contributed by atoms with van der Waals surface area (Å²) in [6.07, 6.45) is 1.26. The first-order valence-corrected chi connectivity index (χ1v) is 9.29. The first-order chi connectivity index (χ1) is 12.3. The highest BCUT2D eigenvalue weighted by molar-refractivity contribution is 5.70. The van der Waals surface area contributed by atoms with E-state index in [1.54, 1.807) is 9.80 Å². The van der Waals surface area contributed by atoms with Crippen LogP contribution in [0.5, 0.6) is 0 Å². The molecule has 0 spiro atoms. The Bertz CT molecular complexity index is 641. The van der Waals surface area contributed by atoms with E-state index in [1.807, 2.05) is 51.1 Å². The molecule has 6 nitrogen and oxygen atoms in total. The molecule has 0 N–H and O–H groups in total. The van der Waals surface area contributed by atoms with E-state index in [0.29, 0.717) is 25.6 Å². The van der Waals surface area contributed by atoms with Crippen molar-refractivity contribution in [2.24, 2.45) is 5.92 Å². The number of ether oxygens (including phenoxy) is 2. The third-order valence-corrected chi connectivity index (χ3v) is 4.95. The molecule has 2 atom stereocenters. The van der Waals surface area contributed by atoms with Crippen LogP contribution >= 0.6 is 0 Å². The maximum Gasteiger partial charge on any atom is 0.410 e. The average Bonchev–Trinajstić information content (AvgIpc) is 3.02. The van der Waals surface area contributed by atoms with Gasteiger partial charge in [-0.2, -0.15) is 0 Å². The lowest BCUT2D eigenvalue weighted by atomic mass is 9.92. The highest BCUT2D eigenvalue weighted by Gasteiger charge is 2.43. The lowest BCUT2D eigenvalue weighted by Gasteiger charge is -2.38. The van der Waals surface area contributed by atoms with Gasteiger partial charge in [-0.3, -0.25) is 0 Å². The summed E-state index contributed by atoms with van der Waals surface area (Å²) >= 11 is 0. The largest absolute Gasteiger partial charge is 0.445 e. The lowest BCUT2D eigenvalue weighted by Crippen LogP contribution is -2.52. The molecule has 2 heterocycles. The first kappa shape index (κ1) is 18.5. The van der Waals surface area contributed by atoms with Crippen LogP contribution in [0.15, 0.2) is 30.3 Å². The fourth-order valence-electron chi connectivity index (χ4n) is 3.66. The van der Waals surface area contributed by atoms with Crippen LogP contribution in [-0.4, -0.2) is 53.3 Å². The molecule has 1 aromatic rings. The Kier molecular flexibility index (Phi) is 5.39. The smallest absolute Gasteiger partial charge is 0.410 e. The molecule has 6 heteroatoms. The number of carbonyl (C=O) groups excluding carboxylic acids is 2. The van der Waals surface area contributed by atoms with Gasteiger partial charge in [0.1, 0.15) is 12.2 Å². The molecule has 3 rings (SSSR count). The Hall–Kier alpha value is -2.24. The van der Waals surface area contributed by atoms with Crippen LogP contribution in [0, 0.1) is 5.92 Å². The van der Waals surface area contributed by atoms with Crippen LogP contribution in [0.3, 0.4) is 0 Å². The number of rotatable bonds is 2. The molecule has 0 aromatic heterocycles. The minimum Gasteiger partial charge on any atom is -0.445 e. The summed E-state index contributed by atoms with van der Waals surface area (Å²) in [5.41, 5.74) is 0.449. The SMILES string of the molecule is CC(C)(C)OC(=O)N1CC[C@@H]2CCN(C(=O)OCc3ccccc3)C[C@@H]21. The van der Waals surface area contributed by atoms with E-state index in [1.165, 1.54) is 0 Å². The summed E-state index contributed by atoms with van der Waals surface area (Å²) in [5, 5.41) is 0. The van der Waals surface area contributed by atoms with Gasteiger partial charge in [0.25, 0.3) is 0 Å². The Balaban J connectivity index is 1.57. The van der Waals surface area contributed by atoms with Crippen molar-refractivity contribution in [1.29, 1.82) is 0 Å². The second-order valence-corrected chi connectivity index (χ2v) is 8.06. The van der Waals surface area contributed by atoms with Gasteiger partial charge in [0.15, 0.2) is 0 Å².